The van der Waals surface area contributed by atoms with Crippen molar-refractivity contribution in [2.45, 2.75) is 0 Å². The zero-order valence-electron chi connectivity index (χ0n) is 12.7. The summed E-state index contributed by atoms with van der Waals surface area (Å²) >= 11 is 5.06. The second-order valence-electron chi connectivity index (χ2n) is 4.74. The molecule has 1 heterocycles. The Kier molecular flexibility index (Phi) is 4.83. The van der Waals surface area contributed by atoms with Gasteiger partial charge in [-0.05, 0) is 46.3 Å². The van der Waals surface area contributed by atoms with E-state index in [2.05, 4.69) is 26.2 Å². The van der Waals surface area contributed by atoms with E-state index in [9.17, 15) is 0 Å². The number of halogens is 1. The monoisotopic (exact) mass is 390 g/mol. The number of anilines is 2. The molecule has 118 valence electrons. The van der Waals surface area contributed by atoms with Crippen molar-refractivity contribution in [3.8, 4) is 22.8 Å². The van der Waals surface area contributed by atoms with Crippen LogP contribution in [0.25, 0.3) is 11.3 Å². The lowest BCUT2D eigenvalue weighted by Crippen LogP contribution is -1.91. The summed E-state index contributed by atoms with van der Waals surface area (Å²) in [6, 6.07) is 13.7. The minimum atomic E-state index is 0.804. The molecule has 0 amide bonds. The van der Waals surface area contributed by atoms with Gasteiger partial charge in [0.1, 0.15) is 11.5 Å². The Labute approximate surface area is 147 Å². The summed E-state index contributed by atoms with van der Waals surface area (Å²) < 4.78 is 11.4. The number of ether oxygens (including phenoxy) is 2. The largest absolute Gasteiger partial charge is 0.497 e. The number of nitrogens with one attached hydrogen (secondary N) is 1. The molecule has 3 rings (SSSR count). The van der Waals surface area contributed by atoms with Gasteiger partial charge in [-0.15, -0.1) is 11.3 Å². The van der Waals surface area contributed by atoms with Crippen LogP contribution in [-0.4, -0.2) is 19.2 Å². The van der Waals surface area contributed by atoms with Gasteiger partial charge in [0.25, 0.3) is 0 Å². The first-order chi connectivity index (χ1) is 11.2. The zero-order chi connectivity index (χ0) is 16.2. The van der Waals surface area contributed by atoms with Crippen LogP contribution in [0.1, 0.15) is 0 Å². The van der Waals surface area contributed by atoms with Gasteiger partial charge in [-0.1, -0.05) is 6.07 Å². The molecule has 0 bridgehead atoms. The van der Waals surface area contributed by atoms with Crippen LogP contribution in [0.2, 0.25) is 0 Å². The molecule has 0 fully saturated rings. The van der Waals surface area contributed by atoms with Crippen molar-refractivity contribution in [2.24, 2.45) is 0 Å². The van der Waals surface area contributed by atoms with E-state index in [1.165, 1.54) is 0 Å². The highest BCUT2D eigenvalue weighted by molar-refractivity contribution is 9.10. The van der Waals surface area contributed by atoms with E-state index in [1.807, 2.05) is 47.8 Å². The van der Waals surface area contributed by atoms with Crippen LogP contribution in [0.4, 0.5) is 10.8 Å². The zero-order valence-corrected chi connectivity index (χ0v) is 15.1. The van der Waals surface area contributed by atoms with Crippen LogP contribution in [0, 0.1) is 0 Å². The molecule has 0 atom stereocenters. The van der Waals surface area contributed by atoms with E-state index >= 15 is 0 Å². The number of nitrogens with zero attached hydrogens (tertiary/aromatic N) is 1. The minimum Gasteiger partial charge on any atom is -0.497 e. The summed E-state index contributed by atoms with van der Waals surface area (Å²) in [6.45, 7) is 0. The molecular weight excluding hydrogens is 376 g/mol. The molecule has 0 aliphatic rings. The summed E-state index contributed by atoms with van der Waals surface area (Å²) in [5.74, 6) is 1.62. The molecule has 0 saturated carbocycles. The second-order valence-corrected chi connectivity index (χ2v) is 6.46. The normalized spacial score (nSPS) is 10.4. The molecule has 0 spiro atoms. The molecular formula is C17H15BrN2O2S. The fourth-order valence-corrected chi connectivity index (χ4v) is 3.39. The van der Waals surface area contributed by atoms with Crippen molar-refractivity contribution in [2.75, 3.05) is 19.5 Å². The van der Waals surface area contributed by atoms with E-state index < -0.39 is 0 Å². The summed E-state index contributed by atoms with van der Waals surface area (Å²) in [5.41, 5.74) is 2.90. The molecule has 1 aromatic heterocycles. The topological polar surface area (TPSA) is 43.4 Å². The molecule has 0 unspecified atom stereocenters. The van der Waals surface area contributed by atoms with E-state index in [0.717, 1.165) is 38.0 Å². The number of thiazole rings is 1. The highest BCUT2D eigenvalue weighted by Gasteiger charge is 2.08. The highest BCUT2D eigenvalue weighted by Crippen LogP contribution is 2.33. The van der Waals surface area contributed by atoms with Gasteiger partial charge in [-0.25, -0.2) is 4.98 Å². The molecule has 0 saturated heterocycles. The standard InChI is InChI=1S/C17H15BrN2O2S/c1-21-13-5-3-4-12(9-13)19-17-20-15(10-23-17)11-6-7-16(22-2)14(18)8-11/h3-10H,1-2H3,(H,19,20). The Balaban J connectivity index is 1.81. The first-order valence-corrected chi connectivity index (χ1v) is 8.57. The Hall–Kier alpha value is -2.05. The first kappa shape index (κ1) is 15.8. The maximum absolute atomic E-state index is 5.25. The van der Waals surface area contributed by atoms with Gasteiger partial charge >= 0.3 is 0 Å². The van der Waals surface area contributed by atoms with Crippen LogP contribution in [0.5, 0.6) is 11.5 Å². The number of hydrogen-bond donors (Lipinski definition) is 1. The van der Waals surface area contributed by atoms with Gasteiger partial charge in [0.05, 0.1) is 24.4 Å². The summed E-state index contributed by atoms with van der Waals surface area (Å²) in [6.07, 6.45) is 0. The molecule has 23 heavy (non-hydrogen) atoms. The van der Waals surface area contributed by atoms with Crippen molar-refractivity contribution in [3.05, 3.63) is 52.3 Å². The molecule has 0 aliphatic carbocycles. The smallest absolute Gasteiger partial charge is 0.187 e. The van der Waals surface area contributed by atoms with E-state index in [4.69, 9.17) is 9.47 Å². The average molecular weight is 391 g/mol. The highest BCUT2D eigenvalue weighted by atomic mass is 79.9. The van der Waals surface area contributed by atoms with Crippen molar-refractivity contribution in [1.82, 2.24) is 4.98 Å². The maximum atomic E-state index is 5.25. The van der Waals surface area contributed by atoms with Crippen LogP contribution in [0.3, 0.4) is 0 Å². The number of benzene rings is 2. The summed E-state index contributed by atoms with van der Waals surface area (Å²) in [4.78, 5) is 4.63. The Bertz CT molecular complexity index is 820. The predicted octanol–water partition coefficient (Wildman–Crippen LogP) is 5.33. The van der Waals surface area contributed by atoms with Crippen LogP contribution in [-0.2, 0) is 0 Å². The number of rotatable bonds is 5. The fourth-order valence-electron chi connectivity index (χ4n) is 2.11. The third-order valence-electron chi connectivity index (χ3n) is 3.27. The lowest BCUT2D eigenvalue weighted by Gasteiger charge is -2.05. The van der Waals surface area contributed by atoms with Crippen LogP contribution < -0.4 is 14.8 Å². The number of methoxy groups -OCH3 is 2. The Morgan fingerprint density at radius 1 is 1.09 bits per heavy atom. The lowest BCUT2D eigenvalue weighted by molar-refractivity contribution is 0.412. The molecule has 3 aromatic rings. The minimum absolute atomic E-state index is 0.804. The molecule has 6 heteroatoms. The Morgan fingerprint density at radius 3 is 2.70 bits per heavy atom. The maximum Gasteiger partial charge on any atom is 0.187 e. The van der Waals surface area contributed by atoms with Crippen molar-refractivity contribution >= 4 is 38.1 Å². The SMILES string of the molecule is COc1cccc(Nc2nc(-c3ccc(OC)c(Br)c3)cs2)c1. The molecule has 4 nitrogen and oxygen atoms in total. The second kappa shape index (κ2) is 7.02. The molecule has 0 radical (unpaired) electrons. The van der Waals surface area contributed by atoms with Crippen molar-refractivity contribution < 1.29 is 9.47 Å². The van der Waals surface area contributed by atoms with Gasteiger partial charge < -0.3 is 14.8 Å². The summed E-state index contributed by atoms with van der Waals surface area (Å²) in [5, 5.41) is 6.16. The van der Waals surface area contributed by atoms with E-state index in [0.29, 0.717) is 0 Å². The van der Waals surface area contributed by atoms with Gasteiger partial charge in [-0.2, -0.15) is 0 Å². The third-order valence-corrected chi connectivity index (χ3v) is 4.65. The molecule has 0 aliphatic heterocycles. The van der Waals surface area contributed by atoms with E-state index in [-0.39, 0.29) is 0 Å². The number of hydrogen-bond acceptors (Lipinski definition) is 5. The quantitative estimate of drug-likeness (QED) is 0.638. The van der Waals surface area contributed by atoms with Gasteiger partial charge in [-0.3, -0.25) is 0 Å². The predicted molar refractivity (Wildman–Crippen MR) is 98.1 cm³/mol. The first-order valence-electron chi connectivity index (χ1n) is 6.90. The van der Waals surface area contributed by atoms with E-state index in [1.54, 1.807) is 25.6 Å². The van der Waals surface area contributed by atoms with Gasteiger partial charge in [0.15, 0.2) is 5.13 Å². The molecule has 1 N–H and O–H groups in total. The third kappa shape index (κ3) is 3.65. The molecule has 2 aromatic carbocycles. The van der Waals surface area contributed by atoms with Gasteiger partial charge in [0.2, 0.25) is 0 Å². The van der Waals surface area contributed by atoms with Crippen molar-refractivity contribution in [1.29, 1.82) is 0 Å². The lowest BCUT2D eigenvalue weighted by atomic mass is 10.2. The summed E-state index contributed by atoms with van der Waals surface area (Å²) in [7, 11) is 3.31. The Morgan fingerprint density at radius 2 is 1.96 bits per heavy atom. The van der Waals surface area contributed by atoms with Crippen molar-refractivity contribution in [3.63, 3.8) is 0 Å². The fraction of sp³-hybridized carbons (Fsp3) is 0.118. The van der Waals surface area contributed by atoms with Gasteiger partial charge in [0, 0.05) is 22.7 Å². The average Bonchev–Trinajstić information content (AvgIpc) is 3.03. The van der Waals surface area contributed by atoms with Crippen LogP contribution >= 0.6 is 27.3 Å². The van der Waals surface area contributed by atoms with Crippen LogP contribution in [0.15, 0.2) is 52.3 Å². The number of aromatic nitrogens is 1.